The lowest BCUT2D eigenvalue weighted by Crippen LogP contribution is -2.42. The molecule has 3 aliphatic rings. The first-order valence-corrected chi connectivity index (χ1v) is 11.0. The minimum absolute atomic E-state index is 0.0946. The van der Waals surface area contributed by atoms with Crippen molar-refractivity contribution in [3.8, 4) is 0 Å². The minimum atomic E-state index is 0.0946. The number of hydrogen-bond donors (Lipinski definition) is 1. The molecule has 1 N–H and O–H groups in total. The molecule has 2 atom stereocenters. The Balaban J connectivity index is 1.35. The number of hydrogen-bond acceptors (Lipinski definition) is 4. The van der Waals surface area contributed by atoms with Crippen molar-refractivity contribution in [2.75, 3.05) is 39.4 Å². The van der Waals surface area contributed by atoms with Crippen LogP contribution in [-0.4, -0.2) is 65.3 Å². The molecule has 154 valence electrons. The second-order valence-corrected chi connectivity index (χ2v) is 8.54. The number of benzene rings is 1. The van der Waals surface area contributed by atoms with Crippen LogP contribution in [0.5, 0.6) is 0 Å². The third-order valence-corrected chi connectivity index (χ3v) is 6.84. The van der Waals surface area contributed by atoms with Gasteiger partial charge in [-0.1, -0.05) is 24.3 Å². The summed E-state index contributed by atoms with van der Waals surface area (Å²) in [6, 6.07) is 9.44. The van der Waals surface area contributed by atoms with E-state index in [0.717, 1.165) is 37.2 Å². The standard InChI is InChI=1S/C23H30N4O2/c28-23(26-11-13-29-14-12-26)20-15-24-25-22(20)18-7-4-10-27(16-18)21-9-3-6-17-5-1-2-8-19(17)21/h1-2,5,8,15,18,21H,3-4,6-7,9-14,16H2,(H,24,25)/t18-,21-/m1/s1. The number of carbonyl (C=O) groups excluding carboxylic acids is 1. The number of nitrogens with one attached hydrogen (secondary N) is 1. The topological polar surface area (TPSA) is 61.5 Å². The molecule has 2 fully saturated rings. The van der Waals surface area contributed by atoms with E-state index in [0.29, 0.717) is 38.3 Å². The van der Waals surface area contributed by atoms with Crippen LogP contribution in [0.25, 0.3) is 0 Å². The lowest BCUT2D eigenvalue weighted by atomic mass is 9.84. The average Bonchev–Trinajstić information content (AvgIpc) is 3.29. The quantitative estimate of drug-likeness (QED) is 0.869. The van der Waals surface area contributed by atoms with Gasteiger partial charge in [-0.25, -0.2) is 0 Å². The Morgan fingerprint density at radius 3 is 2.86 bits per heavy atom. The number of rotatable bonds is 3. The molecular formula is C23H30N4O2. The van der Waals surface area contributed by atoms with Crippen LogP contribution < -0.4 is 0 Å². The molecule has 1 amide bonds. The highest BCUT2D eigenvalue weighted by atomic mass is 16.5. The Labute approximate surface area is 172 Å². The molecule has 6 heteroatoms. The first kappa shape index (κ1) is 18.8. The first-order chi connectivity index (χ1) is 14.3. The second-order valence-electron chi connectivity index (χ2n) is 8.54. The second kappa shape index (κ2) is 8.28. The number of likely N-dealkylation sites (tertiary alicyclic amines) is 1. The summed E-state index contributed by atoms with van der Waals surface area (Å²) in [5.41, 5.74) is 4.79. The maximum Gasteiger partial charge on any atom is 0.257 e. The third kappa shape index (κ3) is 3.71. The molecule has 0 spiro atoms. The minimum Gasteiger partial charge on any atom is -0.378 e. The fourth-order valence-electron chi connectivity index (χ4n) is 5.35. The van der Waals surface area contributed by atoms with E-state index in [-0.39, 0.29) is 5.91 Å². The van der Waals surface area contributed by atoms with Crippen molar-refractivity contribution in [3.05, 3.63) is 52.8 Å². The number of nitrogens with zero attached hydrogens (tertiary/aromatic N) is 3. The van der Waals surface area contributed by atoms with Crippen LogP contribution in [-0.2, 0) is 11.2 Å². The zero-order chi connectivity index (χ0) is 19.6. The molecular weight excluding hydrogens is 364 g/mol. The van der Waals surface area contributed by atoms with Gasteiger partial charge in [-0.05, 0) is 49.8 Å². The van der Waals surface area contributed by atoms with E-state index in [9.17, 15) is 4.79 Å². The predicted octanol–water partition coefficient (Wildman–Crippen LogP) is 3.14. The van der Waals surface area contributed by atoms with Crippen molar-refractivity contribution in [2.45, 2.75) is 44.1 Å². The Morgan fingerprint density at radius 1 is 1.10 bits per heavy atom. The normalized spacial score (nSPS) is 25.6. The number of carbonyl (C=O) groups is 1. The number of aromatic nitrogens is 2. The lowest BCUT2D eigenvalue weighted by Gasteiger charge is -2.41. The molecule has 3 heterocycles. The molecule has 2 saturated heterocycles. The Kier molecular flexibility index (Phi) is 5.38. The Bertz CT molecular complexity index is 858. The van der Waals surface area contributed by atoms with Gasteiger partial charge in [0.15, 0.2) is 0 Å². The van der Waals surface area contributed by atoms with E-state index in [2.05, 4.69) is 39.4 Å². The van der Waals surface area contributed by atoms with Crippen LogP contribution in [0.3, 0.4) is 0 Å². The highest BCUT2D eigenvalue weighted by molar-refractivity contribution is 5.95. The van der Waals surface area contributed by atoms with Crippen molar-refractivity contribution in [2.24, 2.45) is 0 Å². The summed E-state index contributed by atoms with van der Waals surface area (Å²) < 4.78 is 5.40. The molecule has 5 rings (SSSR count). The summed E-state index contributed by atoms with van der Waals surface area (Å²) >= 11 is 0. The summed E-state index contributed by atoms with van der Waals surface area (Å²) in [6.07, 6.45) is 7.68. The maximum atomic E-state index is 13.1. The number of amides is 1. The number of aryl methyl sites for hydroxylation is 1. The first-order valence-electron chi connectivity index (χ1n) is 11.0. The number of ether oxygens (including phenoxy) is 1. The van der Waals surface area contributed by atoms with E-state index in [1.807, 2.05) is 4.90 Å². The van der Waals surface area contributed by atoms with Gasteiger partial charge in [0.1, 0.15) is 0 Å². The summed E-state index contributed by atoms with van der Waals surface area (Å²) in [4.78, 5) is 17.6. The molecule has 2 aromatic rings. The number of fused-ring (bicyclic) bond motifs is 1. The monoisotopic (exact) mass is 394 g/mol. The van der Waals surface area contributed by atoms with Gasteiger partial charge in [-0.3, -0.25) is 14.8 Å². The van der Waals surface area contributed by atoms with Gasteiger partial charge in [0, 0.05) is 31.6 Å². The van der Waals surface area contributed by atoms with Gasteiger partial charge in [-0.15, -0.1) is 0 Å². The molecule has 0 unspecified atom stereocenters. The highest BCUT2D eigenvalue weighted by Gasteiger charge is 2.33. The van der Waals surface area contributed by atoms with Gasteiger partial charge < -0.3 is 9.64 Å². The van der Waals surface area contributed by atoms with E-state index in [1.54, 1.807) is 6.20 Å². The van der Waals surface area contributed by atoms with Crippen LogP contribution in [0.15, 0.2) is 30.5 Å². The molecule has 0 radical (unpaired) electrons. The molecule has 29 heavy (non-hydrogen) atoms. The smallest absolute Gasteiger partial charge is 0.257 e. The van der Waals surface area contributed by atoms with Gasteiger partial charge in [0.05, 0.1) is 30.7 Å². The molecule has 0 bridgehead atoms. The van der Waals surface area contributed by atoms with Gasteiger partial charge in [0.25, 0.3) is 5.91 Å². The van der Waals surface area contributed by atoms with E-state index in [1.165, 1.54) is 30.4 Å². The van der Waals surface area contributed by atoms with Gasteiger partial charge >= 0.3 is 0 Å². The summed E-state index contributed by atoms with van der Waals surface area (Å²) in [5, 5.41) is 7.45. The summed E-state index contributed by atoms with van der Waals surface area (Å²) in [7, 11) is 0. The average molecular weight is 395 g/mol. The Hall–Kier alpha value is -2.18. The van der Waals surface area contributed by atoms with Crippen LogP contribution in [0.4, 0.5) is 0 Å². The van der Waals surface area contributed by atoms with Gasteiger partial charge in [-0.2, -0.15) is 5.10 Å². The number of aromatic amines is 1. The number of morpholine rings is 1. The fraction of sp³-hybridized carbons (Fsp3) is 0.565. The van der Waals surface area contributed by atoms with Crippen LogP contribution in [0.2, 0.25) is 0 Å². The SMILES string of the molecule is O=C(c1cn[nH]c1[C@@H]1CCCN([C@@H]2CCCc3ccccc32)C1)N1CCOCC1. The van der Waals surface area contributed by atoms with Crippen LogP contribution in [0.1, 0.15) is 64.8 Å². The molecule has 1 aromatic carbocycles. The van der Waals surface area contributed by atoms with Crippen LogP contribution in [0, 0.1) is 0 Å². The van der Waals surface area contributed by atoms with E-state index >= 15 is 0 Å². The molecule has 2 aliphatic heterocycles. The number of piperidine rings is 1. The maximum absolute atomic E-state index is 13.1. The fourth-order valence-corrected chi connectivity index (χ4v) is 5.35. The summed E-state index contributed by atoms with van der Waals surface area (Å²) in [5.74, 6) is 0.428. The van der Waals surface area contributed by atoms with E-state index in [4.69, 9.17) is 4.74 Å². The third-order valence-electron chi connectivity index (χ3n) is 6.84. The Morgan fingerprint density at radius 2 is 1.97 bits per heavy atom. The van der Waals surface area contributed by atoms with Gasteiger partial charge in [0.2, 0.25) is 0 Å². The van der Waals surface area contributed by atoms with Crippen LogP contribution >= 0.6 is 0 Å². The molecule has 6 nitrogen and oxygen atoms in total. The molecule has 0 saturated carbocycles. The van der Waals surface area contributed by atoms with Crippen molar-refractivity contribution >= 4 is 5.91 Å². The van der Waals surface area contributed by atoms with Crippen molar-refractivity contribution in [3.63, 3.8) is 0 Å². The largest absolute Gasteiger partial charge is 0.378 e. The van der Waals surface area contributed by atoms with Crippen molar-refractivity contribution in [1.29, 1.82) is 0 Å². The van der Waals surface area contributed by atoms with E-state index < -0.39 is 0 Å². The number of H-pyrrole nitrogens is 1. The molecule has 1 aromatic heterocycles. The zero-order valence-electron chi connectivity index (χ0n) is 17.0. The highest BCUT2D eigenvalue weighted by Crippen LogP contribution is 2.38. The van der Waals surface area contributed by atoms with Crippen molar-refractivity contribution < 1.29 is 9.53 Å². The lowest BCUT2D eigenvalue weighted by molar-refractivity contribution is 0.0301. The zero-order valence-corrected chi connectivity index (χ0v) is 17.0. The van der Waals surface area contributed by atoms with Crippen molar-refractivity contribution in [1.82, 2.24) is 20.0 Å². The predicted molar refractivity (Wildman–Crippen MR) is 111 cm³/mol. The summed E-state index contributed by atoms with van der Waals surface area (Å²) in [6.45, 7) is 4.70. The molecule has 1 aliphatic carbocycles.